The van der Waals surface area contributed by atoms with E-state index in [4.69, 9.17) is 0 Å². The largest absolute Gasteiger partial charge is 0.371 e. The summed E-state index contributed by atoms with van der Waals surface area (Å²) in [5.41, 5.74) is 2.15. The van der Waals surface area contributed by atoms with E-state index in [-0.39, 0.29) is 17.5 Å². The van der Waals surface area contributed by atoms with Gasteiger partial charge in [-0.2, -0.15) is 0 Å². The SMILES string of the molecule is CCSc1ccc(CC(=O)Nc2ccc(C(C)(C)C=O)cc2)cc1.CNc1ncccc1F. The van der Waals surface area contributed by atoms with Crippen LogP contribution in [-0.2, 0) is 21.4 Å². The first kappa shape index (κ1) is 26.1. The van der Waals surface area contributed by atoms with Crippen molar-refractivity contribution >= 4 is 35.5 Å². The van der Waals surface area contributed by atoms with E-state index in [0.29, 0.717) is 6.42 Å². The van der Waals surface area contributed by atoms with E-state index >= 15 is 0 Å². The van der Waals surface area contributed by atoms with Crippen molar-refractivity contribution in [2.24, 2.45) is 0 Å². The van der Waals surface area contributed by atoms with Gasteiger partial charge in [-0.15, -0.1) is 11.8 Å². The number of carbonyl (C=O) groups excluding carboxylic acids is 2. The number of aromatic nitrogens is 1. The molecule has 1 amide bonds. The molecule has 174 valence electrons. The molecule has 0 unspecified atom stereocenters. The van der Waals surface area contributed by atoms with Gasteiger partial charge in [0.05, 0.1) is 6.42 Å². The molecule has 7 heteroatoms. The molecule has 0 aliphatic carbocycles. The number of hydrogen-bond donors (Lipinski definition) is 2. The molecule has 1 heterocycles. The maximum atomic E-state index is 12.5. The molecule has 0 spiro atoms. The van der Waals surface area contributed by atoms with Gasteiger partial charge >= 0.3 is 0 Å². The Bertz CT molecular complexity index is 1040. The fraction of sp³-hybridized carbons (Fsp3) is 0.269. The molecule has 0 saturated heterocycles. The molecule has 0 saturated carbocycles. The van der Waals surface area contributed by atoms with Gasteiger partial charge in [0.25, 0.3) is 0 Å². The Morgan fingerprint density at radius 3 is 2.27 bits per heavy atom. The van der Waals surface area contributed by atoms with Crippen molar-refractivity contribution in [3.05, 3.63) is 83.8 Å². The van der Waals surface area contributed by atoms with Crippen LogP contribution in [0.2, 0.25) is 0 Å². The smallest absolute Gasteiger partial charge is 0.228 e. The van der Waals surface area contributed by atoms with Crippen molar-refractivity contribution in [1.82, 2.24) is 4.98 Å². The Labute approximate surface area is 199 Å². The molecule has 1 aromatic heterocycles. The van der Waals surface area contributed by atoms with Crippen LogP contribution < -0.4 is 10.6 Å². The highest BCUT2D eigenvalue weighted by molar-refractivity contribution is 7.99. The Morgan fingerprint density at radius 1 is 1.09 bits per heavy atom. The highest BCUT2D eigenvalue weighted by Crippen LogP contribution is 2.22. The van der Waals surface area contributed by atoms with Gasteiger partial charge in [0.2, 0.25) is 5.91 Å². The highest BCUT2D eigenvalue weighted by atomic mass is 32.2. The van der Waals surface area contributed by atoms with Crippen LogP contribution in [-0.4, -0.2) is 30.0 Å². The number of aldehydes is 1. The summed E-state index contributed by atoms with van der Waals surface area (Å²) < 4.78 is 12.5. The van der Waals surface area contributed by atoms with Gasteiger partial charge in [0, 0.05) is 29.2 Å². The summed E-state index contributed by atoms with van der Waals surface area (Å²) in [6.07, 6.45) is 2.81. The van der Waals surface area contributed by atoms with Crippen LogP contribution in [0, 0.1) is 5.82 Å². The summed E-state index contributed by atoms with van der Waals surface area (Å²) in [4.78, 5) is 28.2. The molecule has 3 aromatic rings. The summed E-state index contributed by atoms with van der Waals surface area (Å²) in [7, 11) is 1.63. The van der Waals surface area contributed by atoms with Crippen LogP contribution >= 0.6 is 11.8 Å². The van der Waals surface area contributed by atoms with Crippen molar-refractivity contribution in [3.63, 3.8) is 0 Å². The molecule has 0 radical (unpaired) electrons. The number of benzene rings is 2. The summed E-state index contributed by atoms with van der Waals surface area (Å²) in [5, 5.41) is 5.50. The van der Waals surface area contributed by atoms with Crippen LogP contribution in [0.3, 0.4) is 0 Å². The Morgan fingerprint density at radius 2 is 1.76 bits per heavy atom. The number of anilines is 2. The summed E-state index contributed by atoms with van der Waals surface area (Å²) >= 11 is 1.79. The summed E-state index contributed by atoms with van der Waals surface area (Å²) in [5.74, 6) is 0.960. The zero-order valence-corrected chi connectivity index (χ0v) is 20.2. The highest BCUT2D eigenvalue weighted by Gasteiger charge is 2.19. The van der Waals surface area contributed by atoms with Crippen molar-refractivity contribution in [1.29, 1.82) is 0 Å². The van der Waals surface area contributed by atoms with Gasteiger partial charge in [-0.05, 0) is 67.1 Å². The van der Waals surface area contributed by atoms with Gasteiger partial charge in [-0.3, -0.25) is 4.79 Å². The molecule has 0 aliphatic heterocycles. The first-order valence-electron chi connectivity index (χ1n) is 10.7. The van der Waals surface area contributed by atoms with Gasteiger partial charge in [-0.1, -0.05) is 31.2 Å². The number of nitrogens with one attached hydrogen (secondary N) is 2. The number of halogens is 1. The van der Waals surface area contributed by atoms with Crippen molar-refractivity contribution in [3.8, 4) is 0 Å². The van der Waals surface area contributed by atoms with Crippen molar-refractivity contribution in [2.45, 2.75) is 37.5 Å². The lowest BCUT2D eigenvalue weighted by molar-refractivity contribution is -0.115. The zero-order chi connectivity index (χ0) is 24.3. The Kier molecular flexibility index (Phi) is 10.1. The second kappa shape index (κ2) is 12.7. The first-order chi connectivity index (χ1) is 15.8. The molecule has 33 heavy (non-hydrogen) atoms. The van der Waals surface area contributed by atoms with E-state index in [1.807, 2.05) is 62.4 Å². The third kappa shape index (κ3) is 8.35. The van der Waals surface area contributed by atoms with Crippen LogP contribution in [0.4, 0.5) is 15.9 Å². The predicted molar refractivity (Wildman–Crippen MR) is 134 cm³/mol. The van der Waals surface area contributed by atoms with Crippen LogP contribution in [0.5, 0.6) is 0 Å². The second-order valence-electron chi connectivity index (χ2n) is 7.80. The predicted octanol–water partition coefficient (Wildman–Crippen LogP) is 5.72. The number of pyridine rings is 1. The fourth-order valence-electron chi connectivity index (χ4n) is 2.88. The normalized spacial score (nSPS) is 10.6. The molecule has 2 aromatic carbocycles. The summed E-state index contributed by atoms with van der Waals surface area (Å²) in [6.45, 7) is 5.86. The average Bonchev–Trinajstić information content (AvgIpc) is 2.81. The third-order valence-corrected chi connectivity index (χ3v) is 5.70. The van der Waals surface area contributed by atoms with Crippen LogP contribution in [0.1, 0.15) is 31.9 Å². The number of carbonyl (C=O) groups is 2. The minimum absolute atomic E-state index is 0.0479. The van der Waals surface area contributed by atoms with E-state index < -0.39 is 5.41 Å². The quantitative estimate of drug-likeness (QED) is 0.328. The van der Waals surface area contributed by atoms with E-state index in [0.717, 1.165) is 28.9 Å². The molecule has 0 aliphatic rings. The van der Waals surface area contributed by atoms with Gasteiger partial charge < -0.3 is 15.4 Å². The summed E-state index contributed by atoms with van der Waals surface area (Å²) in [6, 6.07) is 18.4. The molecule has 5 nitrogen and oxygen atoms in total. The number of hydrogen-bond acceptors (Lipinski definition) is 5. The molecule has 3 rings (SSSR count). The standard InChI is InChI=1S/C20H23NO2S.C6H7FN2/c1-4-24-18-11-5-15(6-12-18)13-19(23)21-17-9-7-16(8-10-17)20(2,3)14-22;1-8-6-5(7)3-2-4-9-6/h5-12,14H,4,13H2,1-3H3,(H,21,23);2-4H,1H3,(H,8,9). The minimum Gasteiger partial charge on any atom is -0.371 e. The van der Waals surface area contributed by atoms with Gasteiger partial charge in [0.1, 0.15) is 6.29 Å². The van der Waals surface area contributed by atoms with E-state index in [1.165, 1.54) is 17.2 Å². The Hall–Kier alpha value is -3.19. The molecule has 0 fully saturated rings. The third-order valence-electron chi connectivity index (χ3n) is 4.80. The van der Waals surface area contributed by atoms with Crippen molar-refractivity contribution < 1.29 is 14.0 Å². The molecule has 2 N–H and O–H groups in total. The van der Waals surface area contributed by atoms with E-state index in [9.17, 15) is 14.0 Å². The lowest BCUT2D eigenvalue weighted by Crippen LogP contribution is -2.19. The van der Waals surface area contributed by atoms with Crippen LogP contribution in [0.15, 0.2) is 71.8 Å². The number of thioether (sulfide) groups is 1. The topological polar surface area (TPSA) is 71.1 Å². The molecular formula is C26H30FN3O2S. The van der Waals surface area contributed by atoms with E-state index in [2.05, 4.69) is 22.5 Å². The van der Waals surface area contributed by atoms with Crippen molar-refractivity contribution in [2.75, 3.05) is 23.4 Å². The molecular weight excluding hydrogens is 437 g/mol. The zero-order valence-electron chi connectivity index (χ0n) is 19.4. The Balaban J connectivity index is 0.000000357. The maximum absolute atomic E-state index is 12.5. The van der Waals surface area contributed by atoms with Gasteiger partial charge in [-0.25, -0.2) is 9.37 Å². The first-order valence-corrected chi connectivity index (χ1v) is 11.6. The van der Waals surface area contributed by atoms with Crippen LogP contribution in [0.25, 0.3) is 0 Å². The number of nitrogens with zero attached hydrogens (tertiary/aromatic N) is 1. The lowest BCUT2D eigenvalue weighted by atomic mass is 9.86. The number of rotatable bonds is 8. The lowest BCUT2D eigenvalue weighted by Gasteiger charge is -2.17. The molecule has 0 bridgehead atoms. The second-order valence-corrected chi connectivity index (χ2v) is 9.14. The number of amides is 1. The maximum Gasteiger partial charge on any atom is 0.228 e. The fourth-order valence-corrected chi connectivity index (χ4v) is 3.54. The average molecular weight is 468 g/mol. The van der Waals surface area contributed by atoms with Gasteiger partial charge in [0.15, 0.2) is 11.6 Å². The van der Waals surface area contributed by atoms with E-state index in [1.54, 1.807) is 24.9 Å². The monoisotopic (exact) mass is 467 g/mol. The minimum atomic E-state index is -0.513. The molecule has 0 atom stereocenters.